The van der Waals surface area contributed by atoms with Gasteiger partial charge in [0.1, 0.15) is 0 Å². The van der Waals surface area contributed by atoms with Crippen LogP contribution in [0.4, 0.5) is 0 Å². The number of sulfone groups is 1. The number of aliphatic hydroxyl groups excluding tert-OH is 1. The second-order valence-electron chi connectivity index (χ2n) is 4.15. The smallest absolute Gasteiger partial charge is 0.371 e. The molecule has 10 heteroatoms. The highest BCUT2D eigenvalue weighted by Crippen LogP contribution is 2.24. The summed E-state index contributed by atoms with van der Waals surface area (Å²) in [6.45, 7) is 0. The molecule has 0 saturated carbocycles. The molecule has 0 atom stereocenters. The molecule has 120 valence electrons. The van der Waals surface area contributed by atoms with Crippen molar-refractivity contribution >= 4 is 44.5 Å². The lowest BCUT2D eigenvalue weighted by Gasteiger charge is -2.00. The van der Waals surface area contributed by atoms with Gasteiger partial charge < -0.3 is 10.2 Å². The molecule has 0 bridgehead atoms. The van der Waals surface area contributed by atoms with E-state index in [1.165, 1.54) is 24.3 Å². The van der Waals surface area contributed by atoms with Gasteiger partial charge in [-0.05, 0) is 24.3 Å². The predicted molar refractivity (Wildman–Crippen MR) is 81.7 cm³/mol. The number of halogens is 1. The zero-order chi connectivity index (χ0) is 17.2. The van der Waals surface area contributed by atoms with Crippen molar-refractivity contribution in [1.29, 1.82) is 0 Å². The summed E-state index contributed by atoms with van der Waals surface area (Å²) >= 11 is 6.42. The Bertz CT molecular complexity index is 899. The molecular weight excluding hydrogens is 366 g/mol. The third-order valence-corrected chi connectivity index (χ3v) is 5.49. The number of allylic oxidation sites excluding steroid dienone is 1. The molecule has 2 N–H and O–H groups in total. The summed E-state index contributed by atoms with van der Waals surface area (Å²) in [4.78, 5) is 25.8. The number of carboxylic acids is 1. The summed E-state index contributed by atoms with van der Waals surface area (Å²) in [5.74, 6) is -3.75. The van der Waals surface area contributed by atoms with Crippen LogP contribution in [-0.2, 0) is 14.6 Å². The molecule has 23 heavy (non-hydrogen) atoms. The predicted octanol–water partition coefficient (Wildman–Crippen LogP) is 2.34. The molecule has 0 spiro atoms. The van der Waals surface area contributed by atoms with Gasteiger partial charge >= 0.3 is 5.97 Å². The van der Waals surface area contributed by atoms with Crippen LogP contribution in [0, 0.1) is 0 Å². The van der Waals surface area contributed by atoms with Crippen LogP contribution in [0.1, 0.15) is 9.80 Å². The van der Waals surface area contributed by atoms with E-state index in [1.807, 2.05) is 0 Å². The summed E-state index contributed by atoms with van der Waals surface area (Å²) in [7, 11) is -3.92. The van der Waals surface area contributed by atoms with Crippen LogP contribution in [0.5, 0.6) is 0 Å². The molecule has 0 saturated heterocycles. The van der Waals surface area contributed by atoms with Crippen molar-refractivity contribution in [2.45, 2.75) is 9.92 Å². The highest BCUT2D eigenvalue weighted by Gasteiger charge is 2.23. The highest BCUT2D eigenvalue weighted by atomic mass is 35.5. The molecule has 1 heterocycles. The van der Waals surface area contributed by atoms with Gasteiger partial charge in [-0.2, -0.15) is 0 Å². The number of benzene rings is 1. The second kappa shape index (κ2) is 6.49. The topological polar surface area (TPSA) is 122 Å². The largest absolute Gasteiger partial charge is 0.502 e. The summed E-state index contributed by atoms with van der Waals surface area (Å²) in [5.41, 5.74) is 0. The van der Waals surface area contributed by atoms with Gasteiger partial charge in [0.05, 0.1) is 4.90 Å². The maximum atomic E-state index is 12.3. The van der Waals surface area contributed by atoms with Crippen molar-refractivity contribution in [3.63, 3.8) is 0 Å². The number of aromatic nitrogens is 1. The van der Waals surface area contributed by atoms with Gasteiger partial charge in [0.2, 0.25) is 21.4 Å². The van der Waals surface area contributed by atoms with Crippen molar-refractivity contribution in [3.05, 3.63) is 51.5 Å². The Morgan fingerprint density at radius 1 is 1.17 bits per heavy atom. The molecule has 0 amide bonds. The lowest BCUT2D eigenvalue weighted by atomic mass is 10.3. The van der Waals surface area contributed by atoms with Crippen LogP contribution < -0.4 is 0 Å². The van der Waals surface area contributed by atoms with Gasteiger partial charge in [-0.15, -0.1) is 11.3 Å². The van der Waals surface area contributed by atoms with Crippen LogP contribution in [0.2, 0.25) is 5.02 Å². The first kappa shape index (κ1) is 17.1. The first-order valence-corrected chi connectivity index (χ1v) is 8.60. The van der Waals surface area contributed by atoms with Crippen molar-refractivity contribution < 1.29 is 28.2 Å². The molecule has 2 aromatic rings. The number of carboxylic acid groups (broad SMARTS) is 1. The Morgan fingerprint density at radius 2 is 1.78 bits per heavy atom. The molecule has 0 radical (unpaired) electrons. The standard InChI is InChI=1S/C13H8ClNO6S2/c14-7-1-3-8(4-2-7)23(20,21)11-6-22-12(15-11)9(16)5-10(17)13(18)19/h1-6,17H,(H,18,19)/b10-5-. The van der Waals surface area contributed by atoms with E-state index < -0.39 is 27.3 Å². The second-order valence-corrected chi connectivity index (χ2v) is 7.34. The van der Waals surface area contributed by atoms with Gasteiger partial charge in [0.25, 0.3) is 0 Å². The number of aliphatic hydroxyl groups is 1. The van der Waals surface area contributed by atoms with Crippen molar-refractivity contribution in [2.75, 3.05) is 0 Å². The molecule has 7 nitrogen and oxygen atoms in total. The minimum atomic E-state index is -3.92. The van der Waals surface area contributed by atoms with E-state index in [-0.39, 0.29) is 14.9 Å². The Morgan fingerprint density at radius 3 is 2.35 bits per heavy atom. The maximum Gasteiger partial charge on any atom is 0.371 e. The molecule has 0 aliphatic heterocycles. The van der Waals surface area contributed by atoms with E-state index in [2.05, 4.69) is 4.98 Å². The van der Waals surface area contributed by atoms with Gasteiger partial charge in [0.15, 0.2) is 10.0 Å². The van der Waals surface area contributed by atoms with Gasteiger partial charge in [-0.25, -0.2) is 18.2 Å². The fourth-order valence-electron chi connectivity index (χ4n) is 1.48. The van der Waals surface area contributed by atoms with E-state index in [9.17, 15) is 18.0 Å². The number of hydrogen-bond acceptors (Lipinski definition) is 7. The Hall–Kier alpha value is -2.23. The first-order valence-electron chi connectivity index (χ1n) is 5.86. The van der Waals surface area contributed by atoms with Crippen molar-refractivity contribution in [1.82, 2.24) is 4.98 Å². The number of ketones is 1. The van der Waals surface area contributed by atoms with Crippen molar-refractivity contribution in [2.24, 2.45) is 0 Å². The zero-order valence-corrected chi connectivity index (χ0v) is 13.5. The van der Waals surface area contributed by atoms with E-state index in [4.69, 9.17) is 21.8 Å². The SMILES string of the molecule is O=C(O)/C(O)=C/C(=O)c1nc(S(=O)(=O)c2ccc(Cl)cc2)cs1. The number of rotatable bonds is 5. The lowest BCUT2D eigenvalue weighted by molar-refractivity contribution is -0.135. The summed E-state index contributed by atoms with van der Waals surface area (Å²) in [6.07, 6.45) is 0.458. The molecule has 0 aliphatic rings. The average Bonchev–Trinajstić information content (AvgIpc) is 2.98. The molecule has 1 aromatic heterocycles. The lowest BCUT2D eigenvalue weighted by Crippen LogP contribution is -2.05. The Labute approximate surface area is 139 Å². The zero-order valence-electron chi connectivity index (χ0n) is 11.1. The number of hydrogen-bond donors (Lipinski definition) is 2. The van der Waals surface area contributed by atoms with Crippen LogP contribution >= 0.6 is 22.9 Å². The summed E-state index contributed by atoms with van der Waals surface area (Å²) < 4.78 is 24.7. The fourth-order valence-corrected chi connectivity index (χ4v) is 3.85. The molecular formula is C13H8ClNO6S2. The molecule has 1 aromatic carbocycles. The van der Waals surface area contributed by atoms with E-state index in [0.717, 1.165) is 16.7 Å². The van der Waals surface area contributed by atoms with Crippen LogP contribution in [0.15, 0.2) is 51.4 Å². The molecule has 0 aliphatic carbocycles. The number of carbonyl (C=O) groups excluding carboxylic acids is 1. The minimum Gasteiger partial charge on any atom is -0.502 e. The Balaban J connectivity index is 2.35. The number of thiazole rings is 1. The van der Waals surface area contributed by atoms with E-state index in [1.54, 1.807) is 0 Å². The van der Waals surface area contributed by atoms with Gasteiger partial charge in [0, 0.05) is 16.5 Å². The van der Waals surface area contributed by atoms with E-state index >= 15 is 0 Å². The number of nitrogens with zero attached hydrogens (tertiary/aromatic N) is 1. The number of aliphatic carboxylic acids is 1. The Kier molecular flexibility index (Phi) is 4.83. The van der Waals surface area contributed by atoms with Crippen LogP contribution in [0.25, 0.3) is 0 Å². The first-order chi connectivity index (χ1) is 10.7. The quantitative estimate of drug-likeness (QED) is 0.468. The highest BCUT2D eigenvalue weighted by molar-refractivity contribution is 7.91. The van der Waals surface area contributed by atoms with Gasteiger partial charge in [-0.3, -0.25) is 4.79 Å². The third kappa shape index (κ3) is 3.76. The van der Waals surface area contributed by atoms with Crippen LogP contribution in [0.3, 0.4) is 0 Å². The van der Waals surface area contributed by atoms with E-state index in [0.29, 0.717) is 11.1 Å². The normalized spacial score (nSPS) is 12.1. The fraction of sp³-hybridized carbons (Fsp3) is 0. The maximum absolute atomic E-state index is 12.3. The molecule has 0 fully saturated rings. The summed E-state index contributed by atoms with van der Waals surface area (Å²) in [6, 6.07) is 5.41. The molecule has 0 unspecified atom stereocenters. The average molecular weight is 374 g/mol. The molecule has 2 rings (SSSR count). The summed E-state index contributed by atoms with van der Waals surface area (Å²) in [5, 5.41) is 18.4. The third-order valence-electron chi connectivity index (χ3n) is 2.58. The minimum absolute atomic E-state index is 0.0462. The van der Waals surface area contributed by atoms with Gasteiger partial charge in [-0.1, -0.05) is 11.6 Å². The van der Waals surface area contributed by atoms with Crippen molar-refractivity contribution in [3.8, 4) is 0 Å². The monoisotopic (exact) mass is 373 g/mol. The van der Waals surface area contributed by atoms with Crippen LogP contribution in [-0.4, -0.2) is 35.4 Å². The number of carbonyl (C=O) groups is 2.